The number of halogens is 5. The van der Waals surface area contributed by atoms with Gasteiger partial charge in [-0.2, -0.15) is 13.2 Å². The van der Waals surface area contributed by atoms with Crippen LogP contribution in [0.2, 0.25) is 10.0 Å². The Morgan fingerprint density at radius 3 is 2.40 bits per heavy atom. The van der Waals surface area contributed by atoms with Gasteiger partial charge in [0.15, 0.2) is 0 Å². The number of benzene rings is 1. The number of pyridine rings is 1. The third-order valence-corrected chi connectivity index (χ3v) is 3.57. The minimum atomic E-state index is -4.51. The maximum atomic E-state index is 12.7. The van der Waals surface area contributed by atoms with Crippen LogP contribution in [0.1, 0.15) is 11.1 Å². The first-order chi connectivity index (χ1) is 9.21. The van der Waals surface area contributed by atoms with E-state index in [0.717, 1.165) is 6.20 Å². The zero-order valence-electron chi connectivity index (χ0n) is 10.1. The topological polar surface area (TPSA) is 33.1 Å². The fourth-order valence-electron chi connectivity index (χ4n) is 1.73. The zero-order chi connectivity index (χ0) is 15.1. The molecule has 1 aromatic carbocycles. The van der Waals surface area contributed by atoms with Crippen molar-refractivity contribution in [1.29, 1.82) is 0 Å². The number of hydrogen-bond donors (Lipinski definition) is 1. The Kier molecular flexibility index (Phi) is 3.84. The highest BCUT2D eigenvalue weighted by Crippen LogP contribution is 2.38. The lowest BCUT2D eigenvalue weighted by Crippen LogP contribution is -2.09. The molecule has 20 heavy (non-hydrogen) atoms. The summed E-state index contributed by atoms with van der Waals surface area (Å²) in [6.45, 7) is 1.27. The van der Waals surface area contributed by atoms with Gasteiger partial charge in [0.05, 0.1) is 21.3 Å². The van der Waals surface area contributed by atoms with Crippen LogP contribution in [0.25, 0.3) is 11.3 Å². The van der Waals surface area contributed by atoms with Crippen LogP contribution in [0.4, 0.5) is 13.2 Å². The Morgan fingerprint density at radius 2 is 1.85 bits per heavy atom. The molecule has 0 bridgehead atoms. The number of aromatic nitrogens is 1. The Labute approximate surface area is 122 Å². The van der Waals surface area contributed by atoms with Crippen LogP contribution in [0.15, 0.2) is 24.4 Å². The maximum Gasteiger partial charge on any atom is 0.418 e. The molecule has 106 valence electrons. The summed E-state index contributed by atoms with van der Waals surface area (Å²) in [6.07, 6.45) is -3.79. The fraction of sp³-hybridized carbons (Fsp3) is 0.154. The number of rotatable bonds is 1. The normalized spacial score (nSPS) is 11.7. The van der Waals surface area contributed by atoms with Crippen molar-refractivity contribution in [2.75, 3.05) is 0 Å². The molecule has 0 aliphatic rings. The highest BCUT2D eigenvalue weighted by Gasteiger charge is 2.34. The monoisotopic (exact) mass is 321 g/mol. The van der Waals surface area contributed by atoms with E-state index in [1.54, 1.807) is 0 Å². The molecule has 0 unspecified atom stereocenters. The van der Waals surface area contributed by atoms with Crippen LogP contribution in [-0.2, 0) is 6.18 Å². The van der Waals surface area contributed by atoms with E-state index >= 15 is 0 Å². The maximum absolute atomic E-state index is 12.7. The van der Waals surface area contributed by atoms with Crippen molar-refractivity contribution in [3.05, 3.63) is 45.6 Å². The van der Waals surface area contributed by atoms with Crippen LogP contribution in [0, 0.1) is 6.92 Å². The van der Waals surface area contributed by atoms with Gasteiger partial charge in [-0.1, -0.05) is 29.3 Å². The molecule has 0 atom stereocenters. The lowest BCUT2D eigenvalue weighted by Gasteiger charge is -2.13. The Balaban J connectivity index is 2.59. The summed E-state index contributed by atoms with van der Waals surface area (Å²) in [7, 11) is 0. The minimum Gasteiger partial charge on any atom is -0.506 e. The molecule has 0 saturated heterocycles. The predicted octanol–water partition coefficient (Wildman–Crippen LogP) is 5.09. The molecular weight excluding hydrogens is 314 g/mol. The van der Waals surface area contributed by atoms with Gasteiger partial charge in [0.2, 0.25) is 0 Å². The van der Waals surface area contributed by atoms with Gasteiger partial charge in [0, 0.05) is 11.8 Å². The van der Waals surface area contributed by atoms with Crippen LogP contribution in [0.5, 0.6) is 5.75 Å². The third-order valence-electron chi connectivity index (χ3n) is 2.79. The van der Waals surface area contributed by atoms with Crippen LogP contribution >= 0.6 is 23.2 Å². The molecule has 2 aromatic rings. The highest BCUT2D eigenvalue weighted by molar-refractivity contribution is 6.34. The van der Waals surface area contributed by atoms with E-state index in [9.17, 15) is 18.3 Å². The molecule has 2 rings (SSSR count). The first kappa shape index (κ1) is 14.9. The van der Waals surface area contributed by atoms with Crippen LogP contribution in [-0.4, -0.2) is 10.1 Å². The predicted molar refractivity (Wildman–Crippen MR) is 71.1 cm³/mol. The van der Waals surface area contributed by atoms with Crippen molar-refractivity contribution in [3.8, 4) is 17.0 Å². The number of aromatic hydroxyl groups is 1. The molecule has 7 heteroatoms. The summed E-state index contributed by atoms with van der Waals surface area (Å²) in [5.41, 5.74) is -0.458. The average molecular weight is 322 g/mol. The molecule has 0 spiro atoms. The largest absolute Gasteiger partial charge is 0.506 e. The number of alkyl halides is 3. The van der Waals surface area contributed by atoms with E-state index in [1.165, 1.54) is 25.1 Å². The summed E-state index contributed by atoms with van der Waals surface area (Å²) in [6, 6.07) is 4.23. The van der Waals surface area contributed by atoms with Gasteiger partial charge in [0.25, 0.3) is 0 Å². The van der Waals surface area contributed by atoms with E-state index < -0.39 is 11.7 Å². The standard InChI is InChI=1S/C13H8Cl2F3NO/c1-6-8(13(16,17)18)5-19-12(11(6)15)7-2-3-9(14)10(20)4-7/h2-5,20H,1H3. The summed E-state index contributed by atoms with van der Waals surface area (Å²) < 4.78 is 38.2. The molecule has 1 aromatic heterocycles. The molecular formula is C13H8Cl2F3NO. The van der Waals surface area contributed by atoms with Gasteiger partial charge in [-0.3, -0.25) is 4.98 Å². The van der Waals surface area contributed by atoms with Crippen molar-refractivity contribution >= 4 is 23.2 Å². The molecule has 0 aliphatic carbocycles. The van der Waals surface area contributed by atoms with Gasteiger partial charge in [-0.25, -0.2) is 0 Å². The molecule has 1 heterocycles. The van der Waals surface area contributed by atoms with E-state index in [0.29, 0.717) is 5.56 Å². The number of nitrogens with zero attached hydrogens (tertiary/aromatic N) is 1. The van der Waals surface area contributed by atoms with Gasteiger partial charge in [0.1, 0.15) is 5.75 Å². The van der Waals surface area contributed by atoms with Crippen LogP contribution < -0.4 is 0 Å². The smallest absolute Gasteiger partial charge is 0.418 e. The van der Waals surface area contributed by atoms with Gasteiger partial charge in [-0.05, 0) is 24.6 Å². The van der Waals surface area contributed by atoms with E-state index in [4.69, 9.17) is 23.2 Å². The number of phenolic OH excluding ortho intramolecular Hbond substituents is 1. The summed E-state index contributed by atoms with van der Waals surface area (Å²) in [5, 5.41) is 9.55. The first-order valence-corrected chi connectivity index (χ1v) is 6.18. The van der Waals surface area contributed by atoms with Gasteiger partial charge < -0.3 is 5.11 Å². The van der Waals surface area contributed by atoms with Crippen molar-refractivity contribution < 1.29 is 18.3 Å². The number of hydrogen-bond acceptors (Lipinski definition) is 2. The molecule has 0 amide bonds. The van der Waals surface area contributed by atoms with E-state index in [2.05, 4.69) is 4.98 Å². The Hall–Kier alpha value is -1.46. The van der Waals surface area contributed by atoms with Crippen molar-refractivity contribution in [3.63, 3.8) is 0 Å². The lowest BCUT2D eigenvalue weighted by atomic mass is 10.1. The third kappa shape index (κ3) is 2.69. The second-order valence-electron chi connectivity index (χ2n) is 4.12. The van der Waals surface area contributed by atoms with Crippen molar-refractivity contribution in [2.45, 2.75) is 13.1 Å². The van der Waals surface area contributed by atoms with Gasteiger partial charge >= 0.3 is 6.18 Å². The SMILES string of the molecule is Cc1c(C(F)(F)F)cnc(-c2ccc(Cl)c(O)c2)c1Cl. The number of phenols is 1. The molecule has 0 fully saturated rings. The average Bonchev–Trinajstić information content (AvgIpc) is 2.34. The van der Waals surface area contributed by atoms with Crippen molar-refractivity contribution in [1.82, 2.24) is 4.98 Å². The van der Waals surface area contributed by atoms with E-state index in [-0.39, 0.29) is 27.1 Å². The summed E-state index contributed by atoms with van der Waals surface area (Å²) >= 11 is 11.6. The fourth-order valence-corrected chi connectivity index (χ4v) is 2.10. The highest BCUT2D eigenvalue weighted by atomic mass is 35.5. The molecule has 2 nitrogen and oxygen atoms in total. The molecule has 0 saturated carbocycles. The second kappa shape index (κ2) is 5.14. The minimum absolute atomic E-state index is 0.110. The second-order valence-corrected chi connectivity index (χ2v) is 4.91. The van der Waals surface area contributed by atoms with E-state index in [1.807, 2.05) is 0 Å². The molecule has 0 aliphatic heterocycles. The quantitative estimate of drug-likeness (QED) is 0.793. The lowest BCUT2D eigenvalue weighted by molar-refractivity contribution is -0.138. The zero-order valence-corrected chi connectivity index (χ0v) is 11.6. The first-order valence-electron chi connectivity index (χ1n) is 5.43. The molecule has 1 N–H and O–H groups in total. The van der Waals surface area contributed by atoms with Gasteiger partial charge in [-0.15, -0.1) is 0 Å². The Morgan fingerprint density at radius 1 is 1.20 bits per heavy atom. The summed E-state index contributed by atoms with van der Waals surface area (Å²) in [5.74, 6) is -0.195. The summed E-state index contributed by atoms with van der Waals surface area (Å²) in [4.78, 5) is 3.74. The van der Waals surface area contributed by atoms with Crippen LogP contribution in [0.3, 0.4) is 0 Å². The van der Waals surface area contributed by atoms with Crippen molar-refractivity contribution in [2.24, 2.45) is 0 Å². The Bertz CT molecular complexity index is 671. The molecule has 0 radical (unpaired) electrons.